The molecule has 0 spiro atoms. The molecule has 1 saturated heterocycles. The van der Waals surface area contributed by atoms with Crippen LogP contribution in [0.1, 0.15) is 16.8 Å². The summed E-state index contributed by atoms with van der Waals surface area (Å²) in [6.07, 6.45) is 2.02. The molecule has 3 N–H and O–H groups in total. The van der Waals surface area contributed by atoms with E-state index >= 15 is 0 Å². The highest BCUT2D eigenvalue weighted by atomic mass is 35.5. The number of carbonyl (C=O) groups excluding carboxylic acids is 1. The van der Waals surface area contributed by atoms with E-state index < -0.39 is 5.82 Å². The first kappa shape index (κ1) is 23.9. The third-order valence-corrected chi connectivity index (χ3v) is 5.72. The Kier molecular flexibility index (Phi) is 7.56. The highest BCUT2D eigenvalue weighted by Crippen LogP contribution is 2.32. The van der Waals surface area contributed by atoms with Gasteiger partial charge in [0.1, 0.15) is 17.4 Å². The largest absolute Gasteiger partial charge is 0.493 e. The maximum absolute atomic E-state index is 13.5. The average Bonchev–Trinajstić information content (AvgIpc) is 2.83. The zero-order valence-corrected chi connectivity index (χ0v) is 19.3. The van der Waals surface area contributed by atoms with E-state index in [9.17, 15) is 9.18 Å². The number of morpholine rings is 1. The van der Waals surface area contributed by atoms with Gasteiger partial charge in [0.2, 0.25) is 5.95 Å². The number of hydrogen-bond acceptors (Lipinski definition) is 8. The van der Waals surface area contributed by atoms with Crippen molar-refractivity contribution in [2.75, 3.05) is 50.5 Å². The summed E-state index contributed by atoms with van der Waals surface area (Å²) in [4.78, 5) is 23.5. The van der Waals surface area contributed by atoms with Gasteiger partial charge in [0, 0.05) is 36.8 Å². The van der Waals surface area contributed by atoms with E-state index in [4.69, 9.17) is 26.8 Å². The van der Waals surface area contributed by atoms with Crippen LogP contribution in [0, 0.1) is 5.82 Å². The van der Waals surface area contributed by atoms with Crippen LogP contribution in [0.4, 0.5) is 21.8 Å². The third kappa shape index (κ3) is 5.61. The number of nitrogens with two attached hydrogens (primary N) is 1. The minimum atomic E-state index is -0.534. The molecular formula is C24H25ClFN5O3. The van der Waals surface area contributed by atoms with E-state index in [1.165, 1.54) is 24.3 Å². The number of aromatic nitrogens is 2. The lowest BCUT2D eigenvalue weighted by Crippen LogP contribution is -2.37. The van der Waals surface area contributed by atoms with Crippen molar-refractivity contribution in [3.05, 3.63) is 59.4 Å². The van der Waals surface area contributed by atoms with Crippen LogP contribution in [0.25, 0.3) is 10.9 Å². The standard InChI is InChI=1S/C24H25ClFN5O3/c1-2-21(32)17-13-16-20(14-22(17)34-9-3-6-31-7-10-33-11-8-31)29-24(27)30-23(16)28-15-4-5-19(26)18(25)12-15/h2,4-5,12-14H,1,3,6-11H2,(H3,27,28,29,30). The number of benzene rings is 2. The Morgan fingerprint density at radius 1 is 1.29 bits per heavy atom. The van der Waals surface area contributed by atoms with Gasteiger partial charge in [-0.3, -0.25) is 9.69 Å². The van der Waals surface area contributed by atoms with E-state index in [0.29, 0.717) is 40.3 Å². The van der Waals surface area contributed by atoms with Gasteiger partial charge < -0.3 is 20.5 Å². The molecule has 0 atom stereocenters. The number of fused-ring (bicyclic) bond motifs is 1. The number of rotatable bonds is 9. The fourth-order valence-corrected chi connectivity index (χ4v) is 3.88. The summed E-state index contributed by atoms with van der Waals surface area (Å²) in [5.41, 5.74) is 7.26. The molecule has 10 heteroatoms. The molecule has 1 aliphatic rings. The van der Waals surface area contributed by atoms with Crippen molar-refractivity contribution in [3.63, 3.8) is 0 Å². The zero-order chi connectivity index (χ0) is 24.1. The number of hydrogen-bond donors (Lipinski definition) is 2. The lowest BCUT2D eigenvalue weighted by atomic mass is 10.1. The molecule has 1 fully saturated rings. The van der Waals surface area contributed by atoms with Gasteiger partial charge in [-0.15, -0.1) is 0 Å². The van der Waals surface area contributed by atoms with Gasteiger partial charge >= 0.3 is 0 Å². The Labute approximate surface area is 201 Å². The van der Waals surface area contributed by atoms with Gasteiger partial charge in [-0.25, -0.2) is 9.37 Å². The Morgan fingerprint density at radius 3 is 2.82 bits per heavy atom. The molecule has 0 amide bonds. The molecule has 178 valence electrons. The fourth-order valence-electron chi connectivity index (χ4n) is 3.70. The van der Waals surface area contributed by atoms with E-state index in [2.05, 4.69) is 26.8 Å². The normalized spacial score (nSPS) is 14.2. The Hall–Kier alpha value is -3.27. The fraction of sp³-hybridized carbons (Fsp3) is 0.292. The van der Waals surface area contributed by atoms with Crippen LogP contribution in [0.2, 0.25) is 5.02 Å². The molecule has 1 aliphatic heterocycles. The number of nitrogens with zero attached hydrogens (tertiary/aromatic N) is 3. The van der Waals surface area contributed by atoms with Gasteiger partial charge in [-0.1, -0.05) is 18.2 Å². The molecule has 0 saturated carbocycles. The summed E-state index contributed by atoms with van der Waals surface area (Å²) < 4.78 is 24.9. The molecule has 3 aromatic rings. The van der Waals surface area contributed by atoms with Gasteiger partial charge in [0.15, 0.2) is 5.78 Å². The van der Waals surface area contributed by atoms with Crippen LogP contribution >= 0.6 is 11.6 Å². The topological polar surface area (TPSA) is 103 Å². The van der Waals surface area contributed by atoms with Crippen molar-refractivity contribution in [1.82, 2.24) is 14.9 Å². The summed E-state index contributed by atoms with van der Waals surface area (Å²) in [7, 11) is 0. The minimum absolute atomic E-state index is 0.0317. The van der Waals surface area contributed by atoms with Crippen LogP contribution in [0.15, 0.2) is 43.0 Å². The van der Waals surface area contributed by atoms with Crippen molar-refractivity contribution in [3.8, 4) is 5.75 Å². The van der Waals surface area contributed by atoms with E-state index in [0.717, 1.165) is 39.3 Å². The molecule has 34 heavy (non-hydrogen) atoms. The minimum Gasteiger partial charge on any atom is -0.493 e. The van der Waals surface area contributed by atoms with E-state index in [1.807, 2.05) is 0 Å². The second-order valence-corrected chi connectivity index (χ2v) is 8.18. The van der Waals surface area contributed by atoms with E-state index in [1.54, 1.807) is 12.1 Å². The van der Waals surface area contributed by atoms with Crippen LogP contribution in [0.5, 0.6) is 5.75 Å². The lowest BCUT2D eigenvalue weighted by molar-refractivity contribution is 0.0358. The number of ketones is 1. The van der Waals surface area contributed by atoms with Crippen molar-refractivity contribution < 1.29 is 18.7 Å². The summed E-state index contributed by atoms with van der Waals surface area (Å²) in [6.45, 7) is 8.20. The second kappa shape index (κ2) is 10.8. The van der Waals surface area contributed by atoms with Gasteiger partial charge in [-0.05, 0) is 36.8 Å². The number of nitrogen functional groups attached to an aromatic ring is 1. The van der Waals surface area contributed by atoms with Gasteiger partial charge in [-0.2, -0.15) is 4.98 Å². The molecule has 0 aliphatic carbocycles. The molecule has 4 rings (SSSR count). The molecule has 8 nitrogen and oxygen atoms in total. The number of anilines is 3. The molecule has 2 heterocycles. The Bertz CT molecular complexity index is 1220. The number of carbonyl (C=O) groups is 1. The molecule has 0 bridgehead atoms. The monoisotopic (exact) mass is 485 g/mol. The van der Waals surface area contributed by atoms with Crippen LogP contribution in [-0.2, 0) is 4.74 Å². The average molecular weight is 486 g/mol. The highest BCUT2D eigenvalue weighted by Gasteiger charge is 2.17. The van der Waals surface area contributed by atoms with E-state index in [-0.39, 0.29) is 16.8 Å². The molecule has 2 aromatic carbocycles. The summed E-state index contributed by atoms with van der Waals surface area (Å²) in [6, 6.07) is 7.51. The highest BCUT2D eigenvalue weighted by molar-refractivity contribution is 6.31. The summed E-state index contributed by atoms with van der Waals surface area (Å²) in [5, 5.41) is 3.58. The Balaban J connectivity index is 1.60. The molecule has 1 aromatic heterocycles. The smallest absolute Gasteiger partial charge is 0.222 e. The zero-order valence-electron chi connectivity index (χ0n) is 18.5. The predicted molar refractivity (Wildman–Crippen MR) is 131 cm³/mol. The first-order chi connectivity index (χ1) is 16.4. The molecule has 0 unspecified atom stereocenters. The number of ether oxygens (including phenoxy) is 2. The first-order valence-electron chi connectivity index (χ1n) is 10.9. The molecular weight excluding hydrogens is 461 g/mol. The SMILES string of the molecule is C=CC(=O)c1cc2c(Nc3ccc(F)c(Cl)c3)nc(N)nc2cc1OCCCN1CCOCC1. The van der Waals surface area contributed by atoms with Crippen LogP contribution in [0.3, 0.4) is 0 Å². The predicted octanol–water partition coefficient (Wildman–Crippen LogP) is 4.22. The number of halogens is 2. The quantitative estimate of drug-likeness (QED) is 0.264. The molecule has 0 radical (unpaired) electrons. The van der Waals surface area contributed by atoms with Crippen LogP contribution in [-0.4, -0.2) is 60.1 Å². The maximum Gasteiger partial charge on any atom is 0.222 e. The van der Waals surface area contributed by atoms with Crippen molar-refractivity contribution in [2.45, 2.75) is 6.42 Å². The lowest BCUT2D eigenvalue weighted by Gasteiger charge is -2.26. The first-order valence-corrected chi connectivity index (χ1v) is 11.3. The van der Waals surface area contributed by atoms with Gasteiger partial charge in [0.05, 0.1) is 35.9 Å². The van der Waals surface area contributed by atoms with Crippen molar-refractivity contribution in [1.29, 1.82) is 0 Å². The maximum atomic E-state index is 13.5. The van der Waals surface area contributed by atoms with Gasteiger partial charge in [0.25, 0.3) is 0 Å². The van der Waals surface area contributed by atoms with Crippen LogP contribution < -0.4 is 15.8 Å². The van der Waals surface area contributed by atoms with Crippen molar-refractivity contribution >= 4 is 45.7 Å². The van der Waals surface area contributed by atoms with Crippen molar-refractivity contribution in [2.24, 2.45) is 0 Å². The number of allylic oxidation sites excluding steroid dienone is 1. The summed E-state index contributed by atoms with van der Waals surface area (Å²) in [5.74, 6) is -0.0501. The second-order valence-electron chi connectivity index (χ2n) is 7.77. The Morgan fingerprint density at radius 2 is 2.09 bits per heavy atom. The summed E-state index contributed by atoms with van der Waals surface area (Å²) >= 11 is 5.89. The number of nitrogens with one attached hydrogen (secondary N) is 1. The third-order valence-electron chi connectivity index (χ3n) is 5.43.